The van der Waals surface area contributed by atoms with Crippen LogP contribution in [0.3, 0.4) is 0 Å². The highest BCUT2D eigenvalue weighted by molar-refractivity contribution is 7.11. The van der Waals surface area contributed by atoms with Crippen LogP contribution in [-0.4, -0.2) is 18.4 Å². The van der Waals surface area contributed by atoms with E-state index in [1.54, 1.807) is 6.08 Å². The first kappa shape index (κ1) is 23.4. The van der Waals surface area contributed by atoms with Crippen LogP contribution < -0.4 is 14.2 Å². The Morgan fingerprint density at radius 3 is 2.26 bits per heavy atom. The van der Waals surface area contributed by atoms with Crippen LogP contribution >= 0.6 is 11.3 Å². The molecule has 1 aliphatic rings. The van der Waals surface area contributed by atoms with E-state index in [-0.39, 0.29) is 34.2 Å². The van der Waals surface area contributed by atoms with E-state index < -0.39 is 47.4 Å². The van der Waals surface area contributed by atoms with Crippen molar-refractivity contribution in [2.24, 2.45) is 0 Å². The van der Waals surface area contributed by atoms with Gasteiger partial charge in [-0.1, -0.05) is 0 Å². The van der Waals surface area contributed by atoms with Crippen molar-refractivity contribution in [1.82, 2.24) is 0 Å². The third-order valence-electron chi connectivity index (χ3n) is 4.93. The van der Waals surface area contributed by atoms with Gasteiger partial charge in [0.15, 0.2) is 18.1 Å². The molecule has 1 aromatic heterocycles. The summed E-state index contributed by atoms with van der Waals surface area (Å²) >= 11 is 1.43. The lowest BCUT2D eigenvalue weighted by molar-refractivity contribution is -0.136. The van der Waals surface area contributed by atoms with E-state index in [0.29, 0.717) is 0 Å². The maximum atomic E-state index is 13.7. The third-order valence-corrected chi connectivity index (χ3v) is 5.89. The molecule has 0 amide bonds. The summed E-state index contributed by atoms with van der Waals surface area (Å²) in [7, 11) is 0. The van der Waals surface area contributed by atoms with Crippen LogP contribution in [-0.2, 0) is 4.79 Å². The van der Waals surface area contributed by atoms with E-state index in [0.717, 1.165) is 10.4 Å². The zero-order valence-corrected chi connectivity index (χ0v) is 18.2. The number of esters is 1. The fourth-order valence-corrected chi connectivity index (χ4v) is 3.97. The van der Waals surface area contributed by atoms with Gasteiger partial charge in [0.25, 0.3) is 0 Å². The quantitative estimate of drug-likeness (QED) is 0.114. The van der Waals surface area contributed by atoms with Crippen molar-refractivity contribution >= 4 is 29.2 Å². The Morgan fingerprint density at radius 1 is 1.00 bits per heavy atom. The second-order valence-electron chi connectivity index (χ2n) is 7.13. The molecular weight excluding hydrogens is 483 g/mol. The van der Waals surface area contributed by atoms with Crippen molar-refractivity contribution < 1.29 is 45.8 Å². The average molecular weight is 496 g/mol. The van der Waals surface area contributed by atoms with Gasteiger partial charge in [0.1, 0.15) is 11.5 Å². The third kappa shape index (κ3) is 4.03. The molecule has 0 saturated heterocycles. The average Bonchev–Trinajstić information content (AvgIpc) is 3.36. The molecule has 1 aliphatic heterocycles. The summed E-state index contributed by atoms with van der Waals surface area (Å²) in [6, 6.07) is 4.58. The van der Waals surface area contributed by atoms with Gasteiger partial charge in [-0.05, 0) is 43.0 Å². The molecule has 0 aliphatic carbocycles. The van der Waals surface area contributed by atoms with Gasteiger partial charge < -0.3 is 14.2 Å². The second kappa shape index (κ2) is 8.90. The minimum absolute atomic E-state index is 0.0499. The number of hydrogen-bond acceptors (Lipinski definition) is 6. The summed E-state index contributed by atoms with van der Waals surface area (Å²) in [5.41, 5.74) is 1.49. The molecule has 11 heteroatoms. The van der Waals surface area contributed by atoms with Crippen LogP contribution in [0.2, 0.25) is 0 Å². The molecule has 0 spiro atoms. The standard InChI is InChI=1S/C23H13F5O5S/c1-9-5-6-34-14(9)7-13-21(30)11-3-4-12(10(2)22(11)33-13)32-15(29)8-31-23-19(27)17(25)16(24)18(26)20(23)28/h3-7H,8H2,1-2H3/b13-7-. The predicted octanol–water partition coefficient (Wildman–Crippen LogP) is 5.66. The Hall–Kier alpha value is -3.73. The van der Waals surface area contributed by atoms with Crippen molar-refractivity contribution in [1.29, 1.82) is 0 Å². The van der Waals surface area contributed by atoms with Gasteiger partial charge in [0, 0.05) is 16.5 Å². The van der Waals surface area contributed by atoms with Crippen LogP contribution in [0.1, 0.15) is 26.4 Å². The number of ketones is 1. The Balaban J connectivity index is 1.50. The highest BCUT2D eigenvalue weighted by Gasteiger charge is 2.31. The molecule has 0 saturated carbocycles. The van der Waals surface area contributed by atoms with Crippen molar-refractivity contribution in [3.8, 4) is 17.2 Å². The van der Waals surface area contributed by atoms with Gasteiger partial charge in [-0.25, -0.2) is 18.0 Å². The molecule has 4 rings (SSSR count). The number of carbonyl (C=O) groups excluding carboxylic acids is 2. The number of aryl methyl sites for hydroxylation is 1. The maximum Gasteiger partial charge on any atom is 0.349 e. The number of benzene rings is 2. The van der Waals surface area contributed by atoms with Crippen LogP contribution in [0.15, 0.2) is 29.3 Å². The smallest absolute Gasteiger partial charge is 0.349 e. The van der Waals surface area contributed by atoms with Gasteiger partial charge in [0.05, 0.1) is 5.56 Å². The van der Waals surface area contributed by atoms with Crippen molar-refractivity contribution in [3.63, 3.8) is 0 Å². The first-order valence-electron chi connectivity index (χ1n) is 9.57. The van der Waals surface area contributed by atoms with Crippen LogP contribution in [0.5, 0.6) is 17.2 Å². The molecule has 2 heterocycles. The summed E-state index contributed by atoms with van der Waals surface area (Å²) in [6.45, 7) is 2.24. The lowest BCUT2D eigenvalue weighted by Crippen LogP contribution is -2.20. The fourth-order valence-electron chi connectivity index (χ4n) is 3.12. The van der Waals surface area contributed by atoms with Gasteiger partial charge in [0.2, 0.25) is 34.9 Å². The van der Waals surface area contributed by atoms with Crippen LogP contribution in [0, 0.1) is 42.9 Å². The van der Waals surface area contributed by atoms with Crippen molar-refractivity contribution in [3.05, 3.63) is 80.0 Å². The second-order valence-corrected chi connectivity index (χ2v) is 8.08. The van der Waals surface area contributed by atoms with Gasteiger partial charge in [-0.3, -0.25) is 4.79 Å². The maximum absolute atomic E-state index is 13.7. The van der Waals surface area contributed by atoms with Gasteiger partial charge in [-0.2, -0.15) is 8.78 Å². The zero-order valence-electron chi connectivity index (χ0n) is 17.4. The summed E-state index contributed by atoms with van der Waals surface area (Å²) < 4.78 is 82.2. The lowest BCUT2D eigenvalue weighted by Gasteiger charge is -2.12. The molecule has 0 atom stereocenters. The topological polar surface area (TPSA) is 61.8 Å². The van der Waals surface area contributed by atoms with E-state index >= 15 is 0 Å². The fraction of sp³-hybridized carbons (Fsp3) is 0.130. The van der Waals surface area contributed by atoms with E-state index in [2.05, 4.69) is 4.74 Å². The summed E-state index contributed by atoms with van der Waals surface area (Å²) in [4.78, 5) is 25.6. The molecular formula is C23H13F5O5S. The normalized spacial score (nSPS) is 13.7. The number of Topliss-reactive ketones (excluding diaryl/α,β-unsaturated/α-hetero) is 1. The summed E-state index contributed by atoms with van der Waals surface area (Å²) in [5.74, 6) is -14.2. The van der Waals surface area contributed by atoms with Crippen LogP contribution in [0.4, 0.5) is 22.0 Å². The number of allylic oxidation sites excluding steroid dienone is 1. The monoisotopic (exact) mass is 496 g/mol. The van der Waals surface area contributed by atoms with Gasteiger partial charge in [-0.15, -0.1) is 11.3 Å². The molecule has 2 aromatic carbocycles. The number of thiophene rings is 1. The van der Waals surface area contributed by atoms with Crippen LogP contribution in [0.25, 0.3) is 6.08 Å². The minimum atomic E-state index is -2.35. The number of hydrogen-bond donors (Lipinski definition) is 0. The molecule has 0 radical (unpaired) electrons. The molecule has 3 aromatic rings. The van der Waals surface area contributed by atoms with Crippen molar-refractivity contribution in [2.45, 2.75) is 13.8 Å². The van der Waals surface area contributed by atoms with Crippen molar-refractivity contribution in [2.75, 3.05) is 6.61 Å². The molecule has 0 fully saturated rings. The first-order valence-corrected chi connectivity index (χ1v) is 10.4. The largest absolute Gasteiger partial charge is 0.476 e. The highest BCUT2D eigenvalue weighted by Crippen LogP contribution is 2.40. The van der Waals surface area contributed by atoms with E-state index in [1.165, 1.54) is 30.4 Å². The van der Waals surface area contributed by atoms with E-state index in [4.69, 9.17) is 9.47 Å². The minimum Gasteiger partial charge on any atom is -0.476 e. The molecule has 0 unspecified atom stereocenters. The number of halogens is 5. The zero-order chi connectivity index (χ0) is 24.7. The predicted molar refractivity (Wildman–Crippen MR) is 111 cm³/mol. The van der Waals surface area contributed by atoms with Gasteiger partial charge >= 0.3 is 5.97 Å². The summed E-state index contributed by atoms with van der Waals surface area (Å²) in [5, 5.41) is 1.87. The molecule has 5 nitrogen and oxygen atoms in total. The highest BCUT2D eigenvalue weighted by atomic mass is 32.1. The molecule has 0 N–H and O–H groups in total. The van der Waals surface area contributed by atoms with E-state index in [9.17, 15) is 31.5 Å². The number of fused-ring (bicyclic) bond motifs is 1. The molecule has 34 heavy (non-hydrogen) atoms. The summed E-state index contributed by atoms with van der Waals surface area (Å²) in [6.07, 6.45) is 1.60. The lowest BCUT2D eigenvalue weighted by atomic mass is 10.1. The first-order chi connectivity index (χ1) is 16.1. The number of rotatable bonds is 5. The Kier molecular flexibility index (Phi) is 6.13. The molecule has 0 bridgehead atoms. The number of ether oxygens (including phenoxy) is 3. The number of carbonyl (C=O) groups is 2. The van der Waals surface area contributed by atoms with E-state index in [1.807, 2.05) is 18.4 Å². The Bertz CT molecular complexity index is 1350. The Morgan fingerprint density at radius 2 is 1.65 bits per heavy atom. The SMILES string of the molecule is Cc1ccsc1/C=C1\Oc2c(ccc(OC(=O)COc3c(F)c(F)c(F)c(F)c3F)c2C)C1=O. The Labute approximate surface area is 193 Å². The molecule has 176 valence electrons.